The molecule has 1 heterocycles. The summed E-state index contributed by atoms with van der Waals surface area (Å²) < 4.78 is 0. The zero-order valence-corrected chi connectivity index (χ0v) is 11.8. The van der Waals surface area contributed by atoms with Gasteiger partial charge >= 0.3 is 0 Å². The number of amides is 1. The van der Waals surface area contributed by atoms with E-state index < -0.39 is 0 Å². The summed E-state index contributed by atoms with van der Waals surface area (Å²) in [4.78, 5) is 13.7. The molecule has 1 aromatic heterocycles. The van der Waals surface area contributed by atoms with Gasteiger partial charge in [-0.3, -0.25) is 4.79 Å². The third kappa shape index (κ3) is 2.95. The van der Waals surface area contributed by atoms with Gasteiger partial charge in [-0.05, 0) is 37.4 Å². The first-order valence-corrected chi connectivity index (χ1v) is 7.26. The van der Waals surface area contributed by atoms with Crippen LogP contribution in [0.5, 0.6) is 0 Å². The number of hydrogen-bond acceptors (Lipinski definition) is 4. The van der Waals surface area contributed by atoms with Gasteiger partial charge in [0.05, 0.1) is 11.9 Å². The van der Waals surface area contributed by atoms with Crippen LogP contribution in [0.4, 0.5) is 0 Å². The van der Waals surface area contributed by atoms with Crippen LogP contribution >= 0.6 is 0 Å². The van der Waals surface area contributed by atoms with Crippen LogP contribution < -0.4 is 11.1 Å². The van der Waals surface area contributed by atoms with Gasteiger partial charge in [0.15, 0.2) is 5.69 Å². The lowest BCUT2D eigenvalue weighted by atomic mass is 10.0. The Labute approximate surface area is 123 Å². The molecule has 110 valence electrons. The van der Waals surface area contributed by atoms with E-state index in [4.69, 9.17) is 5.73 Å². The second-order valence-corrected chi connectivity index (χ2v) is 5.36. The van der Waals surface area contributed by atoms with E-state index in [0.717, 1.165) is 24.9 Å². The summed E-state index contributed by atoms with van der Waals surface area (Å²) in [5.41, 5.74) is 6.90. The largest absolute Gasteiger partial charge is 0.348 e. The van der Waals surface area contributed by atoms with Crippen molar-refractivity contribution in [3.63, 3.8) is 0 Å². The number of rotatable bonds is 4. The Morgan fingerprint density at radius 3 is 2.90 bits per heavy atom. The Hall–Kier alpha value is -2.21. The van der Waals surface area contributed by atoms with Gasteiger partial charge in [0, 0.05) is 6.04 Å². The second-order valence-electron chi connectivity index (χ2n) is 5.36. The third-order valence-corrected chi connectivity index (χ3v) is 3.99. The Bertz CT molecular complexity index is 610. The molecule has 0 aliphatic heterocycles. The summed E-state index contributed by atoms with van der Waals surface area (Å²) in [6.45, 7) is 0.613. The monoisotopic (exact) mass is 285 g/mol. The summed E-state index contributed by atoms with van der Waals surface area (Å²) in [5.74, 6) is 0.195. The van der Waals surface area contributed by atoms with Crippen LogP contribution in [0.1, 0.15) is 29.8 Å². The molecule has 6 heteroatoms. The van der Waals surface area contributed by atoms with Crippen LogP contribution in [0.2, 0.25) is 0 Å². The van der Waals surface area contributed by atoms with Crippen LogP contribution in [-0.2, 0) is 0 Å². The molecule has 0 saturated heterocycles. The zero-order chi connectivity index (χ0) is 14.7. The molecule has 2 unspecified atom stereocenters. The molecule has 2 atom stereocenters. The van der Waals surface area contributed by atoms with Crippen molar-refractivity contribution in [2.75, 3.05) is 6.54 Å². The number of nitrogens with one attached hydrogen (secondary N) is 1. The molecule has 21 heavy (non-hydrogen) atoms. The Kier molecular flexibility index (Phi) is 3.96. The summed E-state index contributed by atoms with van der Waals surface area (Å²) in [6.07, 6.45) is 4.68. The fraction of sp³-hybridized carbons (Fsp3) is 0.400. The van der Waals surface area contributed by atoms with E-state index >= 15 is 0 Å². The average Bonchev–Trinajstić information content (AvgIpc) is 3.17. The molecule has 0 bridgehead atoms. The predicted molar refractivity (Wildman–Crippen MR) is 79.0 cm³/mol. The zero-order valence-electron chi connectivity index (χ0n) is 11.8. The summed E-state index contributed by atoms with van der Waals surface area (Å²) in [5, 5.41) is 11.4. The number of para-hydroxylation sites is 1. The Morgan fingerprint density at radius 1 is 1.33 bits per heavy atom. The third-order valence-electron chi connectivity index (χ3n) is 3.99. The van der Waals surface area contributed by atoms with E-state index in [0.29, 0.717) is 18.2 Å². The second kappa shape index (κ2) is 6.05. The molecule has 6 nitrogen and oxygen atoms in total. The van der Waals surface area contributed by atoms with Gasteiger partial charge in [-0.1, -0.05) is 24.6 Å². The van der Waals surface area contributed by atoms with Crippen molar-refractivity contribution in [3.05, 3.63) is 42.2 Å². The SMILES string of the molecule is NCC1CCCC1NC(=O)c1cnn(-c2ccccc2)n1. The highest BCUT2D eigenvalue weighted by molar-refractivity contribution is 5.92. The lowest BCUT2D eigenvalue weighted by Gasteiger charge is -2.18. The fourth-order valence-electron chi connectivity index (χ4n) is 2.80. The quantitative estimate of drug-likeness (QED) is 0.881. The Balaban J connectivity index is 1.70. The van der Waals surface area contributed by atoms with Crippen LogP contribution in [0.15, 0.2) is 36.5 Å². The smallest absolute Gasteiger partial charge is 0.273 e. The summed E-state index contributed by atoms with van der Waals surface area (Å²) >= 11 is 0. The van der Waals surface area contributed by atoms with E-state index in [2.05, 4.69) is 15.5 Å². The number of carbonyl (C=O) groups is 1. The minimum atomic E-state index is -0.178. The number of benzene rings is 1. The number of nitrogens with zero attached hydrogens (tertiary/aromatic N) is 3. The van der Waals surface area contributed by atoms with Crippen molar-refractivity contribution in [3.8, 4) is 5.69 Å². The molecule has 1 amide bonds. The van der Waals surface area contributed by atoms with Crippen LogP contribution in [0.25, 0.3) is 5.69 Å². The maximum atomic E-state index is 12.2. The lowest BCUT2D eigenvalue weighted by molar-refractivity contribution is 0.0923. The van der Waals surface area contributed by atoms with Gasteiger partial charge in [-0.25, -0.2) is 0 Å². The van der Waals surface area contributed by atoms with Crippen LogP contribution in [0, 0.1) is 5.92 Å². The normalized spacial score (nSPS) is 21.4. The maximum Gasteiger partial charge on any atom is 0.273 e. The van der Waals surface area contributed by atoms with Gasteiger partial charge in [0.2, 0.25) is 0 Å². The highest BCUT2D eigenvalue weighted by Crippen LogP contribution is 2.24. The standard InChI is InChI=1S/C15H19N5O/c16-9-11-5-4-8-13(11)18-15(21)14-10-17-20(19-14)12-6-2-1-3-7-12/h1-3,6-7,10-11,13H,4-5,8-9,16H2,(H,18,21). The van der Waals surface area contributed by atoms with E-state index in [9.17, 15) is 4.79 Å². The van der Waals surface area contributed by atoms with E-state index in [1.165, 1.54) is 11.0 Å². The molecule has 1 aliphatic rings. The first-order chi connectivity index (χ1) is 10.3. The predicted octanol–water partition coefficient (Wildman–Crippen LogP) is 1.12. The topological polar surface area (TPSA) is 85.8 Å². The molecule has 1 aliphatic carbocycles. The molecule has 1 fully saturated rings. The molecule has 1 aromatic carbocycles. The Morgan fingerprint density at radius 2 is 2.14 bits per heavy atom. The lowest BCUT2D eigenvalue weighted by Crippen LogP contribution is -2.40. The molecule has 0 radical (unpaired) electrons. The fourth-order valence-corrected chi connectivity index (χ4v) is 2.80. The van der Waals surface area contributed by atoms with Gasteiger partial charge in [-0.2, -0.15) is 9.90 Å². The van der Waals surface area contributed by atoms with Gasteiger partial charge < -0.3 is 11.1 Å². The molecular weight excluding hydrogens is 266 g/mol. The van der Waals surface area contributed by atoms with Crippen molar-refractivity contribution in [1.29, 1.82) is 0 Å². The maximum absolute atomic E-state index is 12.2. The van der Waals surface area contributed by atoms with Gasteiger partial charge in [0.25, 0.3) is 5.91 Å². The van der Waals surface area contributed by atoms with Gasteiger partial charge in [-0.15, -0.1) is 5.10 Å². The van der Waals surface area contributed by atoms with Crippen LogP contribution in [0.3, 0.4) is 0 Å². The minimum Gasteiger partial charge on any atom is -0.348 e. The highest BCUT2D eigenvalue weighted by Gasteiger charge is 2.28. The van der Waals surface area contributed by atoms with Crippen molar-refractivity contribution in [1.82, 2.24) is 20.3 Å². The van der Waals surface area contributed by atoms with Crippen LogP contribution in [-0.4, -0.2) is 33.5 Å². The summed E-state index contributed by atoms with van der Waals surface area (Å²) in [7, 11) is 0. The number of hydrogen-bond donors (Lipinski definition) is 2. The van der Waals surface area contributed by atoms with E-state index in [1.807, 2.05) is 30.3 Å². The van der Waals surface area contributed by atoms with Crippen molar-refractivity contribution in [2.24, 2.45) is 11.7 Å². The summed E-state index contributed by atoms with van der Waals surface area (Å²) in [6, 6.07) is 9.68. The number of nitrogens with two attached hydrogens (primary N) is 1. The minimum absolute atomic E-state index is 0.157. The number of carbonyl (C=O) groups excluding carboxylic acids is 1. The molecular formula is C15H19N5O. The van der Waals surface area contributed by atoms with Crippen molar-refractivity contribution < 1.29 is 4.79 Å². The average molecular weight is 285 g/mol. The highest BCUT2D eigenvalue weighted by atomic mass is 16.2. The van der Waals surface area contributed by atoms with E-state index in [-0.39, 0.29) is 11.9 Å². The van der Waals surface area contributed by atoms with Crippen molar-refractivity contribution >= 4 is 5.91 Å². The molecule has 2 aromatic rings. The first kappa shape index (κ1) is 13.8. The molecule has 0 spiro atoms. The van der Waals surface area contributed by atoms with Crippen molar-refractivity contribution in [2.45, 2.75) is 25.3 Å². The first-order valence-electron chi connectivity index (χ1n) is 7.26. The van der Waals surface area contributed by atoms with Gasteiger partial charge in [0.1, 0.15) is 0 Å². The molecule has 3 rings (SSSR count). The molecule has 3 N–H and O–H groups in total. The van der Waals surface area contributed by atoms with E-state index in [1.54, 1.807) is 0 Å². The molecule has 1 saturated carbocycles. The number of aromatic nitrogens is 3.